The van der Waals surface area contributed by atoms with Gasteiger partial charge in [-0.15, -0.1) is 0 Å². The van der Waals surface area contributed by atoms with Crippen molar-refractivity contribution < 1.29 is 0 Å². The number of imidazole rings is 1. The van der Waals surface area contributed by atoms with Crippen molar-refractivity contribution >= 4 is 0 Å². The fraction of sp³-hybridized carbons (Fsp3) is 0.667. The first-order chi connectivity index (χ1) is 6.34. The van der Waals surface area contributed by atoms with Gasteiger partial charge in [0.1, 0.15) is 0 Å². The fourth-order valence-electron chi connectivity index (χ4n) is 1.66. The Hall–Kier alpha value is -0.870. The first-order valence-electron chi connectivity index (χ1n) is 4.81. The smallest absolute Gasteiger partial charge is 0.0921 e. The lowest BCUT2D eigenvalue weighted by Gasteiger charge is -2.33. The molecule has 0 spiro atoms. The van der Waals surface area contributed by atoms with Gasteiger partial charge in [-0.1, -0.05) is 0 Å². The second kappa shape index (κ2) is 3.89. The van der Waals surface area contributed by atoms with Crippen molar-refractivity contribution in [3.63, 3.8) is 0 Å². The Labute approximate surface area is 77.9 Å². The molecule has 0 atom stereocenters. The van der Waals surface area contributed by atoms with Crippen molar-refractivity contribution in [2.75, 3.05) is 6.54 Å². The molecular formula is C9H16N4. The lowest BCUT2D eigenvalue weighted by Crippen LogP contribution is -2.48. The van der Waals surface area contributed by atoms with E-state index in [1.807, 2.05) is 6.20 Å². The molecule has 1 aliphatic carbocycles. The number of nitrogens with one attached hydrogen (secondary N) is 2. The minimum absolute atomic E-state index is 0.435. The van der Waals surface area contributed by atoms with Gasteiger partial charge in [-0.05, 0) is 12.8 Å². The van der Waals surface area contributed by atoms with Crippen LogP contribution in [0.15, 0.2) is 12.5 Å². The van der Waals surface area contributed by atoms with Gasteiger partial charge in [-0.2, -0.15) is 0 Å². The second-order valence-electron chi connectivity index (χ2n) is 3.71. The maximum atomic E-state index is 5.68. The number of H-pyrrole nitrogens is 1. The maximum absolute atomic E-state index is 5.68. The Kier molecular flexibility index (Phi) is 2.61. The molecule has 0 aliphatic heterocycles. The average Bonchev–Trinajstić information content (AvgIpc) is 2.53. The van der Waals surface area contributed by atoms with E-state index in [9.17, 15) is 0 Å². The fourth-order valence-corrected chi connectivity index (χ4v) is 1.66. The summed E-state index contributed by atoms with van der Waals surface area (Å²) in [5.41, 5.74) is 6.87. The molecule has 72 valence electrons. The van der Waals surface area contributed by atoms with Crippen LogP contribution in [0.2, 0.25) is 0 Å². The van der Waals surface area contributed by atoms with E-state index in [0.29, 0.717) is 12.1 Å². The average molecular weight is 180 g/mol. The Morgan fingerprint density at radius 2 is 2.46 bits per heavy atom. The van der Waals surface area contributed by atoms with E-state index in [-0.39, 0.29) is 0 Å². The van der Waals surface area contributed by atoms with Crippen LogP contribution in [-0.4, -0.2) is 28.6 Å². The van der Waals surface area contributed by atoms with E-state index >= 15 is 0 Å². The molecular weight excluding hydrogens is 164 g/mol. The summed E-state index contributed by atoms with van der Waals surface area (Å²) in [5, 5.41) is 3.46. The molecule has 1 heterocycles. The third kappa shape index (κ3) is 2.29. The van der Waals surface area contributed by atoms with E-state index in [0.717, 1.165) is 25.8 Å². The standard InChI is InChI=1S/C9H16N4/c10-7-3-9(4-7)12-2-1-8-5-11-6-13-8/h5-7,9,12H,1-4,10H2,(H,11,13). The van der Waals surface area contributed by atoms with Crippen molar-refractivity contribution in [3.05, 3.63) is 18.2 Å². The van der Waals surface area contributed by atoms with Crippen LogP contribution < -0.4 is 11.1 Å². The van der Waals surface area contributed by atoms with Crippen LogP contribution in [0, 0.1) is 0 Å². The summed E-state index contributed by atoms with van der Waals surface area (Å²) in [5.74, 6) is 0. The highest BCUT2D eigenvalue weighted by Gasteiger charge is 2.24. The van der Waals surface area contributed by atoms with Crippen LogP contribution in [0.4, 0.5) is 0 Å². The molecule has 1 fully saturated rings. The number of aromatic amines is 1. The SMILES string of the molecule is NC1CC(NCCc2cnc[nH]2)C1. The Bertz CT molecular complexity index is 238. The highest BCUT2D eigenvalue weighted by Crippen LogP contribution is 2.16. The van der Waals surface area contributed by atoms with Crippen LogP contribution in [-0.2, 0) is 6.42 Å². The maximum Gasteiger partial charge on any atom is 0.0921 e. The van der Waals surface area contributed by atoms with Crippen molar-refractivity contribution in [1.82, 2.24) is 15.3 Å². The van der Waals surface area contributed by atoms with E-state index in [4.69, 9.17) is 5.73 Å². The normalized spacial score (nSPS) is 27.2. The molecule has 2 rings (SSSR count). The summed E-state index contributed by atoms with van der Waals surface area (Å²) in [6.07, 6.45) is 6.86. The van der Waals surface area contributed by atoms with Crippen LogP contribution in [0.25, 0.3) is 0 Å². The highest BCUT2D eigenvalue weighted by atomic mass is 15.0. The van der Waals surface area contributed by atoms with Crippen molar-refractivity contribution in [2.45, 2.75) is 31.3 Å². The van der Waals surface area contributed by atoms with Crippen LogP contribution in [0.3, 0.4) is 0 Å². The number of nitrogens with two attached hydrogens (primary N) is 1. The molecule has 0 bridgehead atoms. The van der Waals surface area contributed by atoms with Gasteiger partial charge < -0.3 is 16.0 Å². The summed E-state index contributed by atoms with van der Waals surface area (Å²) < 4.78 is 0. The van der Waals surface area contributed by atoms with Gasteiger partial charge in [0.05, 0.1) is 6.33 Å². The molecule has 1 saturated carbocycles. The second-order valence-corrected chi connectivity index (χ2v) is 3.71. The zero-order chi connectivity index (χ0) is 9.10. The molecule has 4 nitrogen and oxygen atoms in total. The zero-order valence-corrected chi connectivity index (χ0v) is 7.66. The quantitative estimate of drug-likeness (QED) is 0.612. The number of nitrogens with zero attached hydrogens (tertiary/aromatic N) is 1. The minimum atomic E-state index is 0.435. The largest absolute Gasteiger partial charge is 0.348 e. The third-order valence-electron chi connectivity index (χ3n) is 2.56. The van der Waals surface area contributed by atoms with Crippen molar-refractivity contribution in [1.29, 1.82) is 0 Å². The summed E-state index contributed by atoms with van der Waals surface area (Å²) in [6, 6.07) is 1.09. The number of rotatable bonds is 4. The molecule has 0 amide bonds. The lowest BCUT2D eigenvalue weighted by atomic mass is 9.87. The Morgan fingerprint density at radius 3 is 3.08 bits per heavy atom. The molecule has 1 aromatic heterocycles. The predicted molar refractivity (Wildman–Crippen MR) is 51.3 cm³/mol. The summed E-state index contributed by atoms with van der Waals surface area (Å²) in [6.45, 7) is 1.01. The molecule has 1 aliphatic rings. The third-order valence-corrected chi connectivity index (χ3v) is 2.56. The van der Waals surface area contributed by atoms with E-state index in [2.05, 4.69) is 15.3 Å². The topological polar surface area (TPSA) is 66.7 Å². The van der Waals surface area contributed by atoms with Gasteiger partial charge in [-0.3, -0.25) is 0 Å². The Balaban J connectivity index is 1.59. The van der Waals surface area contributed by atoms with E-state index < -0.39 is 0 Å². The van der Waals surface area contributed by atoms with Crippen molar-refractivity contribution in [2.24, 2.45) is 5.73 Å². The van der Waals surface area contributed by atoms with Crippen LogP contribution >= 0.6 is 0 Å². The zero-order valence-electron chi connectivity index (χ0n) is 7.66. The van der Waals surface area contributed by atoms with Crippen molar-refractivity contribution in [3.8, 4) is 0 Å². The first-order valence-corrected chi connectivity index (χ1v) is 4.81. The molecule has 0 saturated heterocycles. The molecule has 1 aromatic rings. The minimum Gasteiger partial charge on any atom is -0.348 e. The van der Waals surface area contributed by atoms with E-state index in [1.54, 1.807) is 6.33 Å². The van der Waals surface area contributed by atoms with Gasteiger partial charge in [0.15, 0.2) is 0 Å². The van der Waals surface area contributed by atoms with Gasteiger partial charge in [-0.25, -0.2) is 4.98 Å². The summed E-state index contributed by atoms with van der Waals surface area (Å²) in [7, 11) is 0. The lowest BCUT2D eigenvalue weighted by molar-refractivity contribution is 0.294. The van der Waals surface area contributed by atoms with E-state index in [1.165, 1.54) is 5.69 Å². The molecule has 4 N–H and O–H groups in total. The van der Waals surface area contributed by atoms with Crippen LogP contribution in [0.1, 0.15) is 18.5 Å². The monoisotopic (exact) mass is 180 g/mol. The first kappa shape index (κ1) is 8.72. The number of aromatic nitrogens is 2. The van der Waals surface area contributed by atoms with Gasteiger partial charge >= 0.3 is 0 Å². The molecule has 0 aromatic carbocycles. The van der Waals surface area contributed by atoms with Gasteiger partial charge in [0.25, 0.3) is 0 Å². The predicted octanol–water partition coefficient (Wildman–Crippen LogP) is 0.0315. The molecule has 13 heavy (non-hydrogen) atoms. The van der Waals surface area contributed by atoms with Gasteiger partial charge in [0, 0.05) is 36.9 Å². The number of hydrogen-bond acceptors (Lipinski definition) is 3. The molecule has 4 heteroatoms. The molecule has 0 unspecified atom stereocenters. The summed E-state index contributed by atoms with van der Waals surface area (Å²) >= 11 is 0. The molecule has 0 radical (unpaired) electrons. The summed E-state index contributed by atoms with van der Waals surface area (Å²) in [4.78, 5) is 7.04. The number of hydrogen-bond donors (Lipinski definition) is 3. The highest BCUT2D eigenvalue weighted by molar-refractivity contribution is 4.95. The van der Waals surface area contributed by atoms with Crippen LogP contribution in [0.5, 0.6) is 0 Å². The van der Waals surface area contributed by atoms with Gasteiger partial charge in [0.2, 0.25) is 0 Å². The Morgan fingerprint density at radius 1 is 1.62 bits per heavy atom.